The second-order valence-corrected chi connectivity index (χ2v) is 5.21. The normalized spacial score (nSPS) is 17.1. The van der Waals surface area contributed by atoms with Gasteiger partial charge >= 0.3 is 5.97 Å². The van der Waals surface area contributed by atoms with Gasteiger partial charge < -0.3 is 15.0 Å². The molecule has 0 bridgehead atoms. The molecule has 0 radical (unpaired) electrons. The average Bonchev–Trinajstić information content (AvgIpc) is 2.69. The van der Waals surface area contributed by atoms with E-state index in [0.717, 1.165) is 30.3 Å². The van der Waals surface area contributed by atoms with E-state index in [0.29, 0.717) is 5.82 Å². The van der Waals surface area contributed by atoms with Crippen LogP contribution in [0.3, 0.4) is 0 Å². The van der Waals surface area contributed by atoms with E-state index >= 15 is 0 Å². The molecule has 100 valence electrons. The fraction of sp³-hybridized carbons (Fsp3) is 0.462. The Morgan fingerprint density at radius 1 is 1.53 bits per heavy atom. The zero-order valence-corrected chi connectivity index (χ0v) is 10.8. The number of anilines is 1. The zero-order chi connectivity index (χ0) is 13.5. The number of aromatic nitrogens is 3. The quantitative estimate of drug-likeness (QED) is 0.875. The first-order valence-electron chi connectivity index (χ1n) is 6.36. The molecule has 6 nitrogen and oxygen atoms in total. The number of aliphatic carboxylic acids is 1. The van der Waals surface area contributed by atoms with Crippen LogP contribution in [0.25, 0.3) is 11.0 Å². The van der Waals surface area contributed by atoms with Crippen LogP contribution in [0, 0.1) is 0 Å². The minimum Gasteiger partial charge on any atom is -0.481 e. The molecule has 1 saturated carbocycles. The van der Waals surface area contributed by atoms with Crippen LogP contribution in [-0.2, 0) is 11.8 Å². The number of carboxylic acid groups (broad SMARTS) is 1. The lowest BCUT2D eigenvalue weighted by molar-refractivity contribution is -0.138. The highest BCUT2D eigenvalue weighted by atomic mass is 16.4. The number of nitrogens with zero attached hydrogens (tertiary/aromatic N) is 3. The van der Waals surface area contributed by atoms with E-state index in [4.69, 9.17) is 5.11 Å². The Morgan fingerprint density at radius 2 is 2.32 bits per heavy atom. The summed E-state index contributed by atoms with van der Waals surface area (Å²) in [7, 11) is 1.93. The van der Waals surface area contributed by atoms with E-state index in [2.05, 4.69) is 15.3 Å². The first-order valence-corrected chi connectivity index (χ1v) is 6.36. The predicted molar refractivity (Wildman–Crippen MR) is 71.0 cm³/mol. The minimum absolute atomic E-state index is 0.123. The molecule has 6 heteroatoms. The van der Waals surface area contributed by atoms with E-state index < -0.39 is 5.97 Å². The lowest BCUT2D eigenvalue weighted by Crippen LogP contribution is -2.47. The van der Waals surface area contributed by atoms with Gasteiger partial charge in [0, 0.05) is 18.8 Å². The van der Waals surface area contributed by atoms with E-state index in [1.165, 1.54) is 0 Å². The molecular weight excluding hydrogens is 244 g/mol. The van der Waals surface area contributed by atoms with Crippen molar-refractivity contribution in [1.29, 1.82) is 0 Å². The second-order valence-electron chi connectivity index (χ2n) is 5.21. The fourth-order valence-electron chi connectivity index (χ4n) is 2.64. The Hall–Kier alpha value is -2.11. The molecule has 1 aliphatic rings. The molecule has 2 aromatic rings. The molecule has 0 spiro atoms. The number of pyridine rings is 1. The van der Waals surface area contributed by atoms with Crippen molar-refractivity contribution < 1.29 is 9.90 Å². The lowest BCUT2D eigenvalue weighted by atomic mass is 9.74. The van der Waals surface area contributed by atoms with E-state index in [-0.39, 0.29) is 12.0 Å². The number of rotatable bonds is 4. The third-order valence-corrected chi connectivity index (χ3v) is 3.83. The van der Waals surface area contributed by atoms with Crippen molar-refractivity contribution in [2.75, 3.05) is 5.32 Å². The van der Waals surface area contributed by atoms with E-state index in [1.54, 1.807) is 12.5 Å². The standard InChI is InChI=1S/C13H16N4O2/c1-17-8-15-11-9(17)3-6-14-12(11)16-13(4-2-5-13)7-10(18)19/h3,6,8H,2,4-5,7H2,1H3,(H,14,16)(H,18,19). The van der Waals surface area contributed by atoms with Gasteiger partial charge in [-0.1, -0.05) is 0 Å². The SMILES string of the molecule is Cn1cnc2c(NC3(CC(=O)O)CCC3)nccc21. The van der Waals surface area contributed by atoms with Crippen LogP contribution in [-0.4, -0.2) is 31.1 Å². The van der Waals surface area contributed by atoms with Crippen molar-refractivity contribution in [3.05, 3.63) is 18.6 Å². The monoisotopic (exact) mass is 260 g/mol. The molecule has 1 fully saturated rings. The van der Waals surface area contributed by atoms with Crippen LogP contribution in [0.5, 0.6) is 0 Å². The smallest absolute Gasteiger partial charge is 0.305 e. The summed E-state index contributed by atoms with van der Waals surface area (Å²) in [5.74, 6) is -0.0977. The number of hydrogen-bond donors (Lipinski definition) is 2. The summed E-state index contributed by atoms with van der Waals surface area (Å²) < 4.78 is 1.92. The van der Waals surface area contributed by atoms with Crippen LogP contribution >= 0.6 is 0 Å². The number of fused-ring (bicyclic) bond motifs is 1. The van der Waals surface area contributed by atoms with Gasteiger partial charge in [-0.2, -0.15) is 0 Å². The third kappa shape index (κ3) is 2.03. The highest BCUT2D eigenvalue weighted by Gasteiger charge is 2.39. The van der Waals surface area contributed by atoms with E-state index in [9.17, 15) is 4.79 Å². The molecule has 0 aromatic carbocycles. The van der Waals surface area contributed by atoms with Crippen molar-refractivity contribution in [1.82, 2.24) is 14.5 Å². The zero-order valence-electron chi connectivity index (χ0n) is 10.8. The number of hydrogen-bond acceptors (Lipinski definition) is 4. The van der Waals surface area contributed by atoms with Gasteiger partial charge in [0.25, 0.3) is 0 Å². The van der Waals surface area contributed by atoms with Crippen molar-refractivity contribution in [2.45, 2.75) is 31.2 Å². The van der Waals surface area contributed by atoms with Crippen LogP contribution in [0.1, 0.15) is 25.7 Å². The molecular formula is C13H16N4O2. The maximum atomic E-state index is 11.0. The molecule has 0 amide bonds. The van der Waals surface area contributed by atoms with Gasteiger partial charge in [-0.3, -0.25) is 4.79 Å². The van der Waals surface area contributed by atoms with E-state index in [1.807, 2.05) is 17.7 Å². The summed E-state index contributed by atoms with van der Waals surface area (Å²) in [5.41, 5.74) is 1.42. The molecule has 3 rings (SSSR count). The highest BCUT2D eigenvalue weighted by Crippen LogP contribution is 2.38. The fourth-order valence-corrected chi connectivity index (χ4v) is 2.64. The number of imidazole rings is 1. The first-order chi connectivity index (χ1) is 9.10. The summed E-state index contributed by atoms with van der Waals surface area (Å²) in [4.78, 5) is 19.6. The number of nitrogens with one attached hydrogen (secondary N) is 1. The summed E-state index contributed by atoms with van der Waals surface area (Å²) in [6.07, 6.45) is 6.37. The maximum Gasteiger partial charge on any atom is 0.305 e. The first kappa shape index (κ1) is 12.0. The molecule has 2 N–H and O–H groups in total. The van der Waals surface area contributed by atoms with Crippen LogP contribution < -0.4 is 5.32 Å². The largest absolute Gasteiger partial charge is 0.481 e. The Labute approximate surface area is 110 Å². The summed E-state index contributed by atoms with van der Waals surface area (Å²) in [6, 6.07) is 1.90. The van der Waals surface area contributed by atoms with Crippen molar-refractivity contribution in [3.8, 4) is 0 Å². The van der Waals surface area contributed by atoms with Crippen molar-refractivity contribution >= 4 is 22.8 Å². The second kappa shape index (κ2) is 4.22. The number of carboxylic acids is 1. The van der Waals surface area contributed by atoms with Gasteiger partial charge in [0.05, 0.1) is 18.3 Å². The van der Waals surface area contributed by atoms with Crippen LogP contribution in [0.2, 0.25) is 0 Å². The van der Waals surface area contributed by atoms with Crippen LogP contribution in [0.15, 0.2) is 18.6 Å². The average molecular weight is 260 g/mol. The molecule has 0 unspecified atom stereocenters. The molecule has 0 atom stereocenters. The molecule has 2 aromatic heterocycles. The molecule has 2 heterocycles. The van der Waals surface area contributed by atoms with Gasteiger partial charge in [-0.25, -0.2) is 9.97 Å². The van der Waals surface area contributed by atoms with Crippen LogP contribution in [0.4, 0.5) is 5.82 Å². The Balaban J connectivity index is 1.94. The lowest BCUT2D eigenvalue weighted by Gasteiger charge is -2.41. The van der Waals surface area contributed by atoms with Gasteiger partial charge in [-0.05, 0) is 25.3 Å². The number of carbonyl (C=O) groups is 1. The molecule has 19 heavy (non-hydrogen) atoms. The Morgan fingerprint density at radius 3 is 2.95 bits per heavy atom. The van der Waals surface area contributed by atoms with Gasteiger partial charge in [-0.15, -0.1) is 0 Å². The topological polar surface area (TPSA) is 80.0 Å². The maximum absolute atomic E-state index is 11.0. The highest BCUT2D eigenvalue weighted by molar-refractivity contribution is 5.86. The van der Waals surface area contributed by atoms with Gasteiger partial charge in [0.2, 0.25) is 0 Å². The van der Waals surface area contributed by atoms with Gasteiger partial charge in [0.15, 0.2) is 5.82 Å². The predicted octanol–water partition coefficient (Wildman–Crippen LogP) is 1.78. The molecule has 1 aliphatic carbocycles. The summed E-state index contributed by atoms with van der Waals surface area (Å²) >= 11 is 0. The van der Waals surface area contributed by atoms with Gasteiger partial charge in [0.1, 0.15) is 5.52 Å². The number of aryl methyl sites for hydroxylation is 1. The summed E-state index contributed by atoms with van der Waals surface area (Å²) in [6.45, 7) is 0. The Bertz CT molecular complexity index is 631. The van der Waals surface area contributed by atoms with Crippen molar-refractivity contribution in [3.63, 3.8) is 0 Å². The Kier molecular flexibility index (Phi) is 2.66. The molecule has 0 aliphatic heterocycles. The third-order valence-electron chi connectivity index (χ3n) is 3.83. The minimum atomic E-state index is -0.777. The summed E-state index contributed by atoms with van der Waals surface area (Å²) in [5, 5.41) is 12.3. The van der Waals surface area contributed by atoms with Crippen molar-refractivity contribution in [2.24, 2.45) is 7.05 Å². The molecule has 0 saturated heterocycles.